The molecular formula is C26H34N2O3S. The zero-order valence-corrected chi connectivity index (χ0v) is 20.2. The van der Waals surface area contributed by atoms with Crippen LogP contribution in [0.3, 0.4) is 0 Å². The molecule has 0 aliphatic rings. The Labute approximate surface area is 194 Å². The van der Waals surface area contributed by atoms with Gasteiger partial charge in [-0.15, -0.1) is 11.3 Å². The van der Waals surface area contributed by atoms with Gasteiger partial charge in [-0.2, -0.15) is 0 Å². The number of carbonyl (C=O) groups is 2. The lowest BCUT2D eigenvalue weighted by molar-refractivity contribution is -0.138. The zero-order valence-electron chi connectivity index (χ0n) is 19.3. The number of hydrogen-bond donors (Lipinski definition) is 1. The summed E-state index contributed by atoms with van der Waals surface area (Å²) in [5.41, 5.74) is 2.54. The van der Waals surface area contributed by atoms with Crippen molar-refractivity contribution in [3.8, 4) is 0 Å². The van der Waals surface area contributed by atoms with E-state index in [-0.39, 0.29) is 24.5 Å². The fraction of sp³-hybridized carbons (Fsp3) is 0.500. The first-order chi connectivity index (χ1) is 15.5. The van der Waals surface area contributed by atoms with E-state index in [1.54, 1.807) is 11.3 Å². The van der Waals surface area contributed by atoms with Gasteiger partial charge >= 0.3 is 5.97 Å². The van der Waals surface area contributed by atoms with Gasteiger partial charge in [0.1, 0.15) is 5.82 Å². The van der Waals surface area contributed by atoms with Crippen LogP contribution < -0.4 is 0 Å². The maximum absolute atomic E-state index is 13.0. The van der Waals surface area contributed by atoms with Crippen molar-refractivity contribution in [1.82, 2.24) is 9.55 Å². The van der Waals surface area contributed by atoms with E-state index >= 15 is 0 Å². The summed E-state index contributed by atoms with van der Waals surface area (Å²) in [7, 11) is 0. The average molecular weight is 455 g/mol. The van der Waals surface area contributed by atoms with Gasteiger partial charge in [0.15, 0.2) is 5.78 Å². The molecule has 0 aliphatic carbocycles. The SMILES string of the molecule is CCCCC(CC(=O)O)CC(=O)c1ccc2c(c1)nc(Cc1cccs1)n2C(CC)CC. The molecular weight excluding hydrogens is 420 g/mol. The van der Waals surface area contributed by atoms with Crippen molar-refractivity contribution in [3.05, 3.63) is 52.0 Å². The summed E-state index contributed by atoms with van der Waals surface area (Å²) in [4.78, 5) is 30.5. The number of imidazole rings is 1. The van der Waals surface area contributed by atoms with Crippen LogP contribution in [-0.4, -0.2) is 26.4 Å². The lowest BCUT2D eigenvalue weighted by atomic mass is 9.91. The van der Waals surface area contributed by atoms with Crippen molar-refractivity contribution in [1.29, 1.82) is 0 Å². The molecule has 5 nitrogen and oxygen atoms in total. The lowest BCUT2D eigenvalue weighted by Gasteiger charge is -2.19. The molecule has 2 aromatic heterocycles. The molecule has 32 heavy (non-hydrogen) atoms. The number of ketones is 1. The second kappa shape index (κ2) is 11.4. The van der Waals surface area contributed by atoms with E-state index < -0.39 is 5.97 Å². The second-order valence-electron chi connectivity index (χ2n) is 8.56. The van der Waals surface area contributed by atoms with Crippen molar-refractivity contribution in [2.45, 2.75) is 78.2 Å². The number of Topliss-reactive ketones (excluding diaryl/α,β-unsaturated/α-hetero) is 1. The minimum Gasteiger partial charge on any atom is -0.481 e. The van der Waals surface area contributed by atoms with Gasteiger partial charge in [0.05, 0.1) is 11.0 Å². The first kappa shape index (κ1) is 24.2. The standard InChI is InChI=1S/C26H34N2O3S/c1-4-7-9-18(15-26(30)31)14-24(29)19-11-12-23-22(16-19)27-25(17-21-10-8-13-32-21)28(23)20(5-2)6-3/h8,10-13,16,18,20H,4-7,9,14-15,17H2,1-3H3,(H,30,31). The highest BCUT2D eigenvalue weighted by atomic mass is 32.1. The summed E-state index contributed by atoms with van der Waals surface area (Å²) in [6.07, 6.45) is 5.85. The van der Waals surface area contributed by atoms with Gasteiger partial charge in [0.2, 0.25) is 0 Å². The molecule has 0 saturated heterocycles. The molecule has 3 rings (SSSR count). The van der Waals surface area contributed by atoms with E-state index in [1.807, 2.05) is 18.2 Å². The highest BCUT2D eigenvalue weighted by Crippen LogP contribution is 2.29. The Kier molecular flexibility index (Phi) is 8.62. The highest BCUT2D eigenvalue weighted by molar-refractivity contribution is 7.09. The van der Waals surface area contributed by atoms with Gasteiger partial charge in [0.25, 0.3) is 0 Å². The minimum atomic E-state index is -0.837. The smallest absolute Gasteiger partial charge is 0.303 e. The van der Waals surface area contributed by atoms with Crippen LogP contribution >= 0.6 is 11.3 Å². The van der Waals surface area contributed by atoms with Crippen LogP contribution in [0.25, 0.3) is 11.0 Å². The van der Waals surface area contributed by atoms with Gasteiger partial charge in [-0.3, -0.25) is 9.59 Å². The number of thiophene rings is 1. The first-order valence-electron chi connectivity index (χ1n) is 11.7. The predicted molar refractivity (Wildman–Crippen MR) is 131 cm³/mol. The summed E-state index contributed by atoms with van der Waals surface area (Å²) in [5.74, 6) is 0.0854. The normalized spacial score (nSPS) is 12.5. The summed E-state index contributed by atoms with van der Waals surface area (Å²) in [6, 6.07) is 10.4. The Morgan fingerprint density at radius 1 is 1.12 bits per heavy atom. The maximum atomic E-state index is 13.0. The average Bonchev–Trinajstić information content (AvgIpc) is 3.40. The highest BCUT2D eigenvalue weighted by Gasteiger charge is 2.21. The van der Waals surface area contributed by atoms with Crippen molar-refractivity contribution in [3.63, 3.8) is 0 Å². The lowest BCUT2D eigenvalue weighted by Crippen LogP contribution is -2.13. The fourth-order valence-electron chi connectivity index (χ4n) is 4.47. The number of nitrogens with zero attached hydrogens (tertiary/aromatic N) is 2. The summed E-state index contributed by atoms with van der Waals surface area (Å²) < 4.78 is 2.35. The number of carbonyl (C=O) groups excluding carboxylic acids is 1. The largest absolute Gasteiger partial charge is 0.481 e. The zero-order chi connectivity index (χ0) is 23.1. The van der Waals surface area contributed by atoms with Crippen molar-refractivity contribution >= 4 is 34.1 Å². The number of carboxylic acids is 1. The van der Waals surface area contributed by atoms with Crippen LogP contribution in [0, 0.1) is 5.92 Å². The molecule has 1 aromatic carbocycles. The fourth-order valence-corrected chi connectivity index (χ4v) is 5.17. The van der Waals surface area contributed by atoms with E-state index in [4.69, 9.17) is 4.98 Å². The minimum absolute atomic E-state index is 0.00569. The van der Waals surface area contributed by atoms with E-state index in [1.165, 1.54) is 4.88 Å². The first-order valence-corrected chi connectivity index (χ1v) is 12.6. The number of aliphatic carboxylic acids is 1. The Morgan fingerprint density at radius 3 is 2.53 bits per heavy atom. The van der Waals surface area contributed by atoms with Crippen LogP contribution in [0.1, 0.15) is 92.8 Å². The van der Waals surface area contributed by atoms with Gasteiger partial charge in [0, 0.05) is 35.7 Å². The quantitative estimate of drug-likeness (QED) is 0.285. The Balaban J connectivity index is 1.91. The molecule has 0 bridgehead atoms. The molecule has 0 aliphatic heterocycles. The molecule has 172 valence electrons. The number of unbranched alkanes of at least 4 members (excludes halogenated alkanes) is 1. The maximum Gasteiger partial charge on any atom is 0.303 e. The molecule has 0 radical (unpaired) electrons. The number of carboxylic acid groups (broad SMARTS) is 1. The molecule has 3 aromatic rings. The predicted octanol–water partition coefficient (Wildman–Crippen LogP) is 6.90. The molecule has 2 heterocycles. The molecule has 1 unspecified atom stereocenters. The van der Waals surface area contributed by atoms with Crippen LogP contribution in [-0.2, 0) is 11.2 Å². The topological polar surface area (TPSA) is 72.2 Å². The number of benzene rings is 1. The molecule has 6 heteroatoms. The van der Waals surface area contributed by atoms with Gasteiger partial charge in [-0.25, -0.2) is 4.98 Å². The Morgan fingerprint density at radius 2 is 1.91 bits per heavy atom. The number of aromatic nitrogens is 2. The van der Waals surface area contributed by atoms with Crippen LogP contribution in [0.2, 0.25) is 0 Å². The van der Waals surface area contributed by atoms with Gasteiger partial charge < -0.3 is 9.67 Å². The molecule has 0 amide bonds. The summed E-state index contributed by atoms with van der Waals surface area (Å²) >= 11 is 1.73. The molecule has 0 fully saturated rings. The molecule has 0 saturated carbocycles. The third-order valence-electron chi connectivity index (χ3n) is 6.21. The summed E-state index contributed by atoms with van der Waals surface area (Å²) in [6.45, 7) is 6.48. The van der Waals surface area contributed by atoms with Crippen molar-refractivity contribution in [2.75, 3.05) is 0 Å². The van der Waals surface area contributed by atoms with E-state index in [0.717, 1.165) is 55.4 Å². The van der Waals surface area contributed by atoms with Gasteiger partial charge in [-0.1, -0.05) is 39.7 Å². The monoisotopic (exact) mass is 454 g/mol. The Hall–Kier alpha value is -2.47. The van der Waals surface area contributed by atoms with E-state index in [0.29, 0.717) is 11.6 Å². The second-order valence-corrected chi connectivity index (χ2v) is 9.59. The third kappa shape index (κ3) is 5.85. The van der Waals surface area contributed by atoms with Crippen LogP contribution in [0.15, 0.2) is 35.7 Å². The van der Waals surface area contributed by atoms with E-state index in [2.05, 4.69) is 42.9 Å². The third-order valence-corrected chi connectivity index (χ3v) is 7.08. The number of hydrogen-bond acceptors (Lipinski definition) is 4. The number of fused-ring (bicyclic) bond motifs is 1. The van der Waals surface area contributed by atoms with E-state index in [9.17, 15) is 14.7 Å². The number of rotatable bonds is 13. The molecule has 1 N–H and O–H groups in total. The van der Waals surface area contributed by atoms with Crippen molar-refractivity contribution < 1.29 is 14.7 Å². The van der Waals surface area contributed by atoms with Crippen molar-refractivity contribution in [2.24, 2.45) is 5.92 Å². The van der Waals surface area contributed by atoms with Gasteiger partial charge in [-0.05, 0) is 54.8 Å². The molecule has 0 spiro atoms. The van der Waals surface area contributed by atoms with Crippen LogP contribution in [0.5, 0.6) is 0 Å². The summed E-state index contributed by atoms with van der Waals surface area (Å²) in [5, 5.41) is 11.3. The van der Waals surface area contributed by atoms with Crippen LogP contribution in [0.4, 0.5) is 0 Å². The molecule has 1 atom stereocenters. The Bertz CT molecular complexity index is 1030.